The van der Waals surface area contributed by atoms with Crippen molar-refractivity contribution in [2.45, 2.75) is 58.5 Å². The number of nitrogens with one attached hydrogen (secondary N) is 2. The number of aliphatic hydroxyl groups excluding tert-OH is 1. The fourth-order valence-electron chi connectivity index (χ4n) is 2.42. The molecule has 0 aromatic heterocycles. The van der Waals surface area contributed by atoms with Gasteiger partial charge in [0.15, 0.2) is 0 Å². The van der Waals surface area contributed by atoms with Gasteiger partial charge in [-0.3, -0.25) is 4.79 Å². The Bertz CT molecular complexity index is 446. The number of amides is 1. The predicted octanol–water partition coefficient (Wildman–Crippen LogP) is 2.89. The van der Waals surface area contributed by atoms with Crippen molar-refractivity contribution in [3.63, 3.8) is 0 Å². The van der Waals surface area contributed by atoms with Crippen LogP contribution in [0.5, 0.6) is 0 Å². The quantitative estimate of drug-likeness (QED) is 0.690. The van der Waals surface area contributed by atoms with Gasteiger partial charge in [-0.25, -0.2) is 0 Å². The fourth-order valence-corrected chi connectivity index (χ4v) is 2.42. The third kappa shape index (κ3) is 6.27. The second-order valence-electron chi connectivity index (χ2n) is 5.98. The van der Waals surface area contributed by atoms with Crippen molar-refractivity contribution < 1.29 is 9.90 Å². The average Bonchev–Trinajstić information content (AvgIpc) is 2.38. The lowest BCUT2D eigenvalue weighted by molar-refractivity contribution is -0.116. The molecule has 1 unspecified atom stereocenters. The maximum atomic E-state index is 12.1. The maximum absolute atomic E-state index is 12.1. The summed E-state index contributed by atoms with van der Waals surface area (Å²) in [6.45, 7) is 8.40. The van der Waals surface area contributed by atoms with Crippen molar-refractivity contribution in [3.8, 4) is 0 Å². The lowest BCUT2D eigenvalue weighted by Gasteiger charge is -2.20. The Morgan fingerprint density at radius 3 is 2.43 bits per heavy atom. The molecule has 0 aliphatic carbocycles. The van der Waals surface area contributed by atoms with Crippen LogP contribution in [0, 0.1) is 0 Å². The monoisotopic (exact) mass is 292 g/mol. The Morgan fingerprint density at radius 1 is 1.14 bits per heavy atom. The summed E-state index contributed by atoms with van der Waals surface area (Å²) in [5.74, 6) is 0.390. The Morgan fingerprint density at radius 2 is 1.81 bits per heavy atom. The number of aliphatic hydroxyl groups is 1. The normalized spacial score (nSPS) is 14.0. The summed E-state index contributed by atoms with van der Waals surface area (Å²) in [5, 5.41) is 15.2. The zero-order valence-electron chi connectivity index (χ0n) is 13.5. The van der Waals surface area contributed by atoms with Crippen LogP contribution in [0.2, 0.25) is 0 Å². The maximum Gasteiger partial charge on any atom is 0.225 e. The van der Waals surface area contributed by atoms with Gasteiger partial charge in [0.05, 0.1) is 0 Å². The molecule has 0 saturated heterocycles. The summed E-state index contributed by atoms with van der Waals surface area (Å²) in [4.78, 5) is 12.1. The van der Waals surface area contributed by atoms with Gasteiger partial charge in [-0.1, -0.05) is 32.0 Å². The highest BCUT2D eigenvalue weighted by Gasteiger charge is 2.13. The number of para-hydroxylation sites is 1. The molecule has 21 heavy (non-hydrogen) atoms. The van der Waals surface area contributed by atoms with Crippen molar-refractivity contribution in [3.05, 3.63) is 29.8 Å². The van der Waals surface area contributed by atoms with Crippen LogP contribution in [0.4, 0.5) is 5.69 Å². The number of carbonyl (C=O) groups is 1. The average molecular weight is 292 g/mol. The topological polar surface area (TPSA) is 61.4 Å². The van der Waals surface area contributed by atoms with Gasteiger partial charge < -0.3 is 15.7 Å². The molecular formula is C17H28N2O2. The smallest absolute Gasteiger partial charge is 0.225 e. The molecule has 0 saturated carbocycles. The van der Waals surface area contributed by atoms with Crippen LogP contribution in [0.25, 0.3) is 0 Å². The van der Waals surface area contributed by atoms with Crippen LogP contribution >= 0.6 is 0 Å². The number of hydrogen-bond acceptors (Lipinski definition) is 3. The standard InChI is InChI=1S/C17H28N2O2/c1-12(2)15-7-5-6-8-16(15)19-17(21)11-14(4)18-13(3)9-10-20/h5-8,12-14,18,20H,9-11H2,1-4H3,(H,19,21)/t13-,14?/m1/s1. The van der Waals surface area contributed by atoms with E-state index in [9.17, 15) is 4.79 Å². The summed E-state index contributed by atoms with van der Waals surface area (Å²) < 4.78 is 0. The largest absolute Gasteiger partial charge is 0.396 e. The van der Waals surface area contributed by atoms with Crippen molar-refractivity contribution in [2.75, 3.05) is 11.9 Å². The Kier molecular flexibility index (Phi) is 7.40. The zero-order valence-corrected chi connectivity index (χ0v) is 13.5. The Labute approximate surface area is 128 Å². The van der Waals surface area contributed by atoms with Crippen molar-refractivity contribution in [1.82, 2.24) is 5.32 Å². The second-order valence-corrected chi connectivity index (χ2v) is 5.98. The first-order chi connectivity index (χ1) is 9.93. The highest BCUT2D eigenvalue weighted by Crippen LogP contribution is 2.23. The van der Waals surface area contributed by atoms with E-state index < -0.39 is 0 Å². The van der Waals surface area contributed by atoms with Crippen LogP contribution in [0.1, 0.15) is 52.0 Å². The first kappa shape index (κ1) is 17.7. The number of benzene rings is 1. The molecule has 0 spiro atoms. The molecule has 0 heterocycles. The van der Waals surface area contributed by atoms with E-state index in [4.69, 9.17) is 5.11 Å². The van der Waals surface area contributed by atoms with Gasteiger partial charge in [-0.2, -0.15) is 0 Å². The van der Waals surface area contributed by atoms with E-state index >= 15 is 0 Å². The summed E-state index contributed by atoms with van der Waals surface area (Å²) in [6.07, 6.45) is 1.12. The van der Waals surface area contributed by atoms with E-state index in [0.717, 1.165) is 11.3 Å². The molecule has 118 valence electrons. The molecule has 0 aliphatic rings. The van der Waals surface area contributed by atoms with Gasteiger partial charge in [-0.15, -0.1) is 0 Å². The highest BCUT2D eigenvalue weighted by atomic mass is 16.3. The second kappa shape index (κ2) is 8.80. The van der Waals surface area contributed by atoms with Crippen molar-refractivity contribution in [1.29, 1.82) is 0 Å². The minimum Gasteiger partial charge on any atom is -0.396 e. The molecule has 1 aromatic carbocycles. The highest BCUT2D eigenvalue weighted by molar-refractivity contribution is 5.91. The SMILES string of the molecule is CC(CC(=O)Nc1ccccc1C(C)C)N[C@H](C)CCO. The van der Waals surface area contributed by atoms with Gasteiger partial charge in [0.25, 0.3) is 0 Å². The fraction of sp³-hybridized carbons (Fsp3) is 0.588. The molecule has 0 bridgehead atoms. The molecule has 3 N–H and O–H groups in total. The lowest BCUT2D eigenvalue weighted by Crippen LogP contribution is -2.37. The summed E-state index contributed by atoms with van der Waals surface area (Å²) in [7, 11) is 0. The van der Waals surface area contributed by atoms with E-state index in [1.165, 1.54) is 0 Å². The molecule has 1 amide bonds. The molecule has 1 aromatic rings. The number of rotatable bonds is 8. The summed E-state index contributed by atoms with van der Waals surface area (Å²) in [5.41, 5.74) is 2.05. The van der Waals surface area contributed by atoms with Gasteiger partial charge in [0.1, 0.15) is 0 Å². The van der Waals surface area contributed by atoms with Crippen LogP contribution in [0.15, 0.2) is 24.3 Å². The van der Waals surface area contributed by atoms with E-state index in [2.05, 4.69) is 24.5 Å². The predicted molar refractivity (Wildman–Crippen MR) is 87.5 cm³/mol. The lowest BCUT2D eigenvalue weighted by atomic mass is 10.0. The van der Waals surface area contributed by atoms with Crippen LogP contribution < -0.4 is 10.6 Å². The molecule has 0 aliphatic heterocycles. The van der Waals surface area contributed by atoms with E-state index in [0.29, 0.717) is 18.8 Å². The van der Waals surface area contributed by atoms with Gasteiger partial charge in [-0.05, 0) is 37.8 Å². The van der Waals surface area contributed by atoms with E-state index in [-0.39, 0.29) is 24.6 Å². The number of anilines is 1. The molecule has 0 fully saturated rings. The van der Waals surface area contributed by atoms with Crippen molar-refractivity contribution >= 4 is 11.6 Å². The molecule has 4 nitrogen and oxygen atoms in total. The van der Waals surface area contributed by atoms with Crippen LogP contribution in [0.3, 0.4) is 0 Å². The molecule has 1 rings (SSSR count). The summed E-state index contributed by atoms with van der Waals surface area (Å²) >= 11 is 0. The molecule has 0 radical (unpaired) electrons. The molecule has 4 heteroatoms. The van der Waals surface area contributed by atoms with Crippen LogP contribution in [-0.4, -0.2) is 29.7 Å². The Hall–Kier alpha value is -1.39. The minimum atomic E-state index is 0.0132. The van der Waals surface area contributed by atoms with Crippen molar-refractivity contribution in [2.24, 2.45) is 0 Å². The minimum absolute atomic E-state index is 0.0132. The third-order valence-electron chi connectivity index (χ3n) is 3.48. The van der Waals surface area contributed by atoms with Gasteiger partial charge in [0, 0.05) is 30.8 Å². The first-order valence-corrected chi connectivity index (χ1v) is 7.69. The first-order valence-electron chi connectivity index (χ1n) is 7.69. The molecular weight excluding hydrogens is 264 g/mol. The van der Waals surface area contributed by atoms with Gasteiger partial charge in [0.2, 0.25) is 5.91 Å². The number of hydrogen-bond donors (Lipinski definition) is 3. The third-order valence-corrected chi connectivity index (χ3v) is 3.48. The number of carbonyl (C=O) groups excluding carboxylic acids is 1. The van der Waals surface area contributed by atoms with E-state index in [1.807, 2.05) is 38.1 Å². The van der Waals surface area contributed by atoms with Crippen LogP contribution in [-0.2, 0) is 4.79 Å². The van der Waals surface area contributed by atoms with Gasteiger partial charge >= 0.3 is 0 Å². The zero-order chi connectivity index (χ0) is 15.8. The Balaban J connectivity index is 2.54. The molecule has 2 atom stereocenters. The van der Waals surface area contributed by atoms with E-state index in [1.54, 1.807) is 0 Å². The summed E-state index contributed by atoms with van der Waals surface area (Å²) in [6, 6.07) is 8.21.